The largest absolute Gasteiger partial charge is 0.332 e. The van der Waals surface area contributed by atoms with Gasteiger partial charge in [0, 0.05) is 10.7 Å². The van der Waals surface area contributed by atoms with Gasteiger partial charge in [-0.3, -0.25) is 9.59 Å². The number of benzene rings is 2. The first-order valence-corrected chi connectivity index (χ1v) is 12.0. The van der Waals surface area contributed by atoms with Crippen molar-refractivity contribution in [1.29, 1.82) is 0 Å². The van der Waals surface area contributed by atoms with Crippen molar-refractivity contribution in [3.8, 4) is 0 Å². The number of allylic oxidation sites excluding steroid dienone is 1. The molecule has 1 atom stereocenters. The molecule has 2 aromatic carbocycles. The maximum atomic E-state index is 12.8. The molecule has 0 bridgehead atoms. The Hall–Kier alpha value is -2.82. The van der Waals surface area contributed by atoms with Crippen molar-refractivity contribution in [3.63, 3.8) is 0 Å². The Morgan fingerprint density at radius 2 is 1.87 bits per heavy atom. The van der Waals surface area contributed by atoms with Crippen LogP contribution < -0.4 is 14.9 Å². The quantitative estimate of drug-likeness (QED) is 0.646. The second-order valence-electron chi connectivity index (χ2n) is 6.91. The van der Waals surface area contributed by atoms with Crippen molar-refractivity contribution in [2.45, 2.75) is 17.9 Å². The number of halogens is 1. The second kappa shape index (κ2) is 8.03. The van der Waals surface area contributed by atoms with Crippen LogP contribution in [0.2, 0.25) is 5.02 Å². The molecule has 11 heteroatoms. The summed E-state index contributed by atoms with van der Waals surface area (Å²) in [5.74, 6) is -0.954. The van der Waals surface area contributed by atoms with Crippen LogP contribution in [0.3, 0.4) is 0 Å². The molecule has 2 aliphatic rings. The average molecular weight is 478 g/mol. The van der Waals surface area contributed by atoms with E-state index < -0.39 is 32.5 Å². The topological polar surface area (TPSA) is 113 Å². The highest BCUT2D eigenvalue weighted by molar-refractivity contribution is 8.14. The number of anilines is 2. The number of fused-ring (bicyclic) bond motifs is 1. The second-order valence-corrected chi connectivity index (χ2v) is 10.6. The molecule has 2 aromatic rings. The Morgan fingerprint density at radius 3 is 2.55 bits per heavy atom. The van der Waals surface area contributed by atoms with Crippen molar-refractivity contribution in [1.82, 2.24) is 4.72 Å². The molecule has 0 aromatic heterocycles. The number of hydrogen-bond donors (Lipinski definition) is 2. The Balaban J connectivity index is 1.51. The van der Waals surface area contributed by atoms with Gasteiger partial charge in [-0.1, -0.05) is 17.7 Å². The number of nitrogens with one attached hydrogen (secondary N) is 2. The van der Waals surface area contributed by atoms with E-state index in [0.29, 0.717) is 28.4 Å². The third-order valence-electron chi connectivity index (χ3n) is 4.78. The van der Waals surface area contributed by atoms with Crippen LogP contribution in [0.15, 0.2) is 47.9 Å². The number of amides is 4. The van der Waals surface area contributed by atoms with Gasteiger partial charge >= 0.3 is 6.03 Å². The predicted octanol–water partition coefficient (Wildman–Crippen LogP) is 3.88. The van der Waals surface area contributed by atoms with Gasteiger partial charge in [-0.2, -0.15) is 0 Å². The van der Waals surface area contributed by atoms with E-state index in [9.17, 15) is 22.8 Å². The summed E-state index contributed by atoms with van der Waals surface area (Å²) in [5, 5.41) is 4.49. The summed E-state index contributed by atoms with van der Waals surface area (Å²) >= 11 is 7.07. The molecule has 31 heavy (non-hydrogen) atoms. The number of carbonyl (C=O) groups is 3. The Kier molecular flexibility index (Phi) is 5.54. The summed E-state index contributed by atoms with van der Waals surface area (Å²) in [6.45, 7) is 1.67. The molecule has 0 fully saturated rings. The van der Waals surface area contributed by atoms with Gasteiger partial charge in [0.1, 0.15) is 4.58 Å². The van der Waals surface area contributed by atoms with E-state index in [4.69, 9.17) is 11.6 Å². The highest BCUT2D eigenvalue weighted by atomic mass is 35.5. The fraction of sp³-hybridized carbons (Fsp3) is 0.150. The van der Waals surface area contributed by atoms with E-state index in [0.717, 1.165) is 16.7 Å². The van der Waals surface area contributed by atoms with Gasteiger partial charge < -0.3 is 5.32 Å². The molecular formula is C20H16ClN3O5S2. The van der Waals surface area contributed by atoms with Gasteiger partial charge in [-0.25, -0.2) is 22.8 Å². The van der Waals surface area contributed by atoms with Crippen LogP contribution >= 0.6 is 23.4 Å². The van der Waals surface area contributed by atoms with Gasteiger partial charge in [0.15, 0.2) is 0 Å². The molecule has 160 valence electrons. The molecule has 0 radical (unpaired) electrons. The fourth-order valence-corrected chi connectivity index (χ4v) is 5.85. The predicted molar refractivity (Wildman–Crippen MR) is 120 cm³/mol. The van der Waals surface area contributed by atoms with Crippen LogP contribution in [0.5, 0.6) is 0 Å². The Labute approximate surface area is 187 Å². The minimum atomic E-state index is -3.83. The van der Waals surface area contributed by atoms with E-state index in [1.54, 1.807) is 30.5 Å². The molecule has 0 saturated heterocycles. The lowest BCUT2D eigenvalue weighted by Crippen LogP contribution is -2.38. The minimum Gasteiger partial charge on any atom is -0.307 e. The molecule has 1 unspecified atom stereocenters. The summed E-state index contributed by atoms with van der Waals surface area (Å²) in [6.07, 6.45) is 2.05. The molecule has 4 amide bonds. The summed E-state index contributed by atoms with van der Waals surface area (Å²) in [5.41, 5.74) is 1.69. The third-order valence-corrected chi connectivity index (χ3v) is 8.31. The maximum absolute atomic E-state index is 12.8. The van der Waals surface area contributed by atoms with Crippen LogP contribution in [-0.4, -0.2) is 30.8 Å². The summed E-state index contributed by atoms with van der Waals surface area (Å²) in [7, 11) is -3.83. The van der Waals surface area contributed by atoms with Crippen molar-refractivity contribution in [3.05, 3.63) is 69.6 Å². The zero-order valence-corrected chi connectivity index (χ0v) is 18.5. The molecular weight excluding hydrogens is 462 g/mol. The highest BCUT2D eigenvalue weighted by Crippen LogP contribution is 2.33. The van der Waals surface area contributed by atoms with Crippen molar-refractivity contribution in [2.24, 2.45) is 0 Å². The molecule has 0 aliphatic carbocycles. The average Bonchev–Trinajstić information content (AvgIpc) is 3.31. The summed E-state index contributed by atoms with van der Waals surface area (Å²) in [4.78, 5) is 38.7. The first kappa shape index (κ1) is 21.4. The number of nitrogens with zero attached hydrogens (tertiary/aromatic N) is 1. The number of sulfonamides is 1. The molecule has 2 N–H and O–H groups in total. The zero-order chi connectivity index (χ0) is 22.3. The minimum absolute atomic E-state index is 0.225. The zero-order valence-electron chi connectivity index (χ0n) is 16.1. The molecule has 2 aliphatic heterocycles. The first-order chi connectivity index (χ1) is 14.7. The summed E-state index contributed by atoms with van der Waals surface area (Å²) in [6, 6.07) is 8.15. The smallest absolute Gasteiger partial charge is 0.307 e. The third kappa shape index (κ3) is 4.06. The fourth-order valence-electron chi connectivity index (χ4n) is 3.33. The van der Waals surface area contributed by atoms with Crippen LogP contribution in [0, 0.1) is 6.92 Å². The van der Waals surface area contributed by atoms with Gasteiger partial charge in [0.05, 0.1) is 16.8 Å². The highest BCUT2D eigenvalue weighted by Gasteiger charge is 2.37. The number of imide groups is 1. The van der Waals surface area contributed by atoms with E-state index in [1.807, 2.05) is 4.72 Å². The maximum Gasteiger partial charge on any atom is 0.332 e. The van der Waals surface area contributed by atoms with Crippen molar-refractivity contribution >= 4 is 62.6 Å². The summed E-state index contributed by atoms with van der Waals surface area (Å²) < 4.78 is 25.7. The Morgan fingerprint density at radius 1 is 1.13 bits per heavy atom. The lowest BCUT2D eigenvalue weighted by atomic mass is 10.1. The molecule has 8 nitrogen and oxygen atoms in total. The van der Waals surface area contributed by atoms with E-state index in [-0.39, 0.29) is 11.1 Å². The van der Waals surface area contributed by atoms with Crippen LogP contribution in [-0.2, 0) is 10.0 Å². The van der Waals surface area contributed by atoms with E-state index in [2.05, 4.69) is 5.32 Å². The number of carbonyl (C=O) groups excluding carboxylic acids is 3. The van der Waals surface area contributed by atoms with Gasteiger partial charge in [-0.15, -0.1) is 11.8 Å². The standard InChI is InChI=1S/C20H16ClN3O5S2/c1-11-9-13(22-20(27)23-31(28,29)17-3-2-8-30-17)5-7-16(11)24-18(25)14-6-4-12(21)10-15(14)19(24)26/h2,4-10,17H,3H2,1H3,(H2,22,23,27). The van der Waals surface area contributed by atoms with E-state index in [1.165, 1.54) is 24.3 Å². The SMILES string of the molecule is Cc1cc(NC(=O)NS(=O)(=O)C2CC=CS2)ccc1N1C(=O)c2ccc(Cl)cc2C1=O. The Bertz CT molecular complexity index is 1250. The normalized spacial score (nSPS) is 17.7. The van der Waals surface area contributed by atoms with Crippen molar-refractivity contribution < 1.29 is 22.8 Å². The lowest BCUT2D eigenvalue weighted by molar-refractivity contribution is 0.0925. The number of rotatable bonds is 4. The first-order valence-electron chi connectivity index (χ1n) is 9.09. The number of thioether (sulfide) groups is 1. The number of hydrogen-bond acceptors (Lipinski definition) is 6. The monoisotopic (exact) mass is 477 g/mol. The van der Waals surface area contributed by atoms with Crippen LogP contribution in [0.1, 0.15) is 32.7 Å². The molecule has 0 saturated carbocycles. The van der Waals surface area contributed by atoms with Gasteiger partial charge in [-0.05, 0) is 60.7 Å². The molecule has 2 heterocycles. The van der Waals surface area contributed by atoms with Crippen LogP contribution in [0.4, 0.5) is 16.2 Å². The lowest BCUT2D eigenvalue weighted by Gasteiger charge is -2.18. The van der Waals surface area contributed by atoms with E-state index >= 15 is 0 Å². The van der Waals surface area contributed by atoms with Gasteiger partial charge in [0.25, 0.3) is 11.8 Å². The van der Waals surface area contributed by atoms with Crippen molar-refractivity contribution in [2.75, 3.05) is 10.2 Å². The van der Waals surface area contributed by atoms with Crippen LogP contribution in [0.25, 0.3) is 0 Å². The number of urea groups is 1. The number of aryl methyl sites for hydroxylation is 1. The van der Waals surface area contributed by atoms with Gasteiger partial charge in [0.2, 0.25) is 10.0 Å². The molecule has 4 rings (SSSR count). The molecule has 0 spiro atoms.